The summed E-state index contributed by atoms with van der Waals surface area (Å²) >= 11 is 0. The van der Waals surface area contributed by atoms with Crippen molar-refractivity contribution in [2.24, 2.45) is 0 Å². The summed E-state index contributed by atoms with van der Waals surface area (Å²) in [5.41, 5.74) is 1.29. The molecule has 114 valence electrons. The first-order valence-electron chi connectivity index (χ1n) is 7.90. The molecule has 4 heteroatoms. The Morgan fingerprint density at radius 3 is 2.61 bits per heavy atom. The van der Waals surface area contributed by atoms with Gasteiger partial charge in [0, 0.05) is 16.3 Å². The van der Waals surface area contributed by atoms with Crippen molar-refractivity contribution in [1.29, 1.82) is 0 Å². The van der Waals surface area contributed by atoms with Gasteiger partial charge in [0.05, 0.1) is 11.1 Å². The highest BCUT2D eigenvalue weighted by Crippen LogP contribution is 2.55. The average molecular weight is 306 g/mol. The van der Waals surface area contributed by atoms with Crippen LogP contribution in [0, 0.1) is 0 Å². The van der Waals surface area contributed by atoms with Crippen LogP contribution in [0.1, 0.15) is 57.5 Å². The van der Waals surface area contributed by atoms with Crippen molar-refractivity contribution in [3.8, 4) is 5.75 Å². The number of hydrogen-bond acceptors (Lipinski definition) is 4. The third-order valence-corrected chi connectivity index (χ3v) is 5.36. The molecule has 1 spiro atoms. The van der Waals surface area contributed by atoms with E-state index in [4.69, 9.17) is 4.74 Å². The van der Waals surface area contributed by atoms with Gasteiger partial charge >= 0.3 is 5.97 Å². The maximum atomic E-state index is 12.6. The van der Waals surface area contributed by atoms with Crippen LogP contribution in [0.5, 0.6) is 5.75 Å². The van der Waals surface area contributed by atoms with E-state index >= 15 is 0 Å². The van der Waals surface area contributed by atoms with Gasteiger partial charge in [-0.15, -0.1) is 0 Å². The van der Waals surface area contributed by atoms with Gasteiger partial charge in [-0.1, -0.05) is 24.3 Å². The van der Waals surface area contributed by atoms with Gasteiger partial charge in [0.2, 0.25) is 0 Å². The number of fused-ring (bicyclic) bond motifs is 3. The highest BCUT2D eigenvalue weighted by Gasteiger charge is 2.51. The van der Waals surface area contributed by atoms with Crippen molar-refractivity contribution in [3.63, 3.8) is 0 Å². The smallest absolute Gasteiger partial charge is 0.340 e. The van der Waals surface area contributed by atoms with Crippen LogP contribution in [0.2, 0.25) is 0 Å². The number of carbonyl (C=O) groups is 2. The maximum absolute atomic E-state index is 12.6. The number of benzene rings is 2. The topological polar surface area (TPSA) is 63.6 Å². The third kappa shape index (κ3) is 1.41. The highest BCUT2D eigenvalue weighted by atomic mass is 16.6. The Morgan fingerprint density at radius 2 is 1.83 bits per heavy atom. The maximum Gasteiger partial charge on any atom is 0.340 e. The van der Waals surface area contributed by atoms with E-state index in [9.17, 15) is 14.7 Å². The summed E-state index contributed by atoms with van der Waals surface area (Å²) in [7, 11) is 0. The Balaban J connectivity index is 2.00. The van der Waals surface area contributed by atoms with Crippen molar-refractivity contribution >= 4 is 28.6 Å². The molecule has 2 aliphatic carbocycles. The van der Waals surface area contributed by atoms with Gasteiger partial charge in [-0.05, 0) is 37.3 Å². The Kier molecular flexibility index (Phi) is 2.25. The molecular formula is C19H14O4. The summed E-state index contributed by atoms with van der Waals surface area (Å²) in [6.45, 7) is 0. The lowest BCUT2D eigenvalue weighted by molar-refractivity contribution is -0.00548. The van der Waals surface area contributed by atoms with E-state index in [1.165, 1.54) is 6.08 Å². The van der Waals surface area contributed by atoms with Gasteiger partial charge in [0.15, 0.2) is 5.78 Å². The van der Waals surface area contributed by atoms with Crippen LogP contribution >= 0.6 is 0 Å². The second-order valence-corrected chi connectivity index (χ2v) is 6.53. The fourth-order valence-corrected chi connectivity index (χ4v) is 4.41. The van der Waals surface area contributed by atoms with E-state index in [1.807, 2.05) is 12.1 Å². The minimum absolute atomic E-state index is 0.0939. The zero-order valence-corrected chi connectivity index (χ0v) is 12.4. The van der Waals surface area contributed by atoms with E-state index in [1.54, 1.807) is 12.1 Å². The Labute approximate surface area is 132 Å². The summed E-state index contributed by atoms with van der Waals surface area (Å²) < 4.78 is 5.71. The number of rotatable bonds is 0. The van der Waals surface area contributed by atoms with Crippen LogP contribution in [0.4, 0.5) is 0 Å². The number of aromatic hydroxyl groups is 1. The van der Waals surface area contributed by atoms with E-state index in [2.05, 4.69) is 0 Å². The number of phenols is 1. The van der Waals surface area contributed by atoms with E-state index in [0.717, 1.165) is 18.4 Å². The molecule has 1 fully saturated rings. The standard InChI is InChI=1S/C19H14O4/c20-12-7-6-10-4-3-5-11-13(10)14(12)15-16(17(11)21)19(23-18(15)22)8-1-2-9-19/h3-7,21H,1-2,8-9H2. The molecule has 0 unspecified atom stereocenters. The fraction of sp³-hybridized carbons (Fsp3) is 0.263. The normalized spacial score (nSPS) is 20.3. The zero-order chi connectivity index (χ0) is 15.8. The summed E-state index contributed by atoms with van der Waals surface area (Å²) in [6.07, 6.45) is 6.53. The Bertz CT molecular complexity index is 946. The summed E-state index contributed by atoms with van der Waals surface area (Å²) in [4.78, 5) is 25.1. The summed E-state index contributed by atoms with van der Waals surface area (Å²) in [5, 5.41) is 12.2. The molecule has 1 saturated carbocycles. The van der Waals surface area contributed by atoms with Crippen LogP contribution in [-0.4, -0.2) is 16.9 Å². The van der Waals surface area contributed by atoms with Crippen LogP contribution in [0.15, 0.2) is 24.3 Å². The monoisotopic (exact) mass is 306 g/mol. The van der Waals surface area contributed by atoms with Gasteiger partial charge in [-0.3, -0.25) is 4.79 Å². The molecule has 1 N–H and O–H groups in total. The first kappa shape index (κ1) is 12.9. The molecule has 0 saturated heterocycles. The number of hydrogen-bond donors (Lipinski definition) is 1. The van der Waals surface area contributed by atoms with Crippen LogP contribution in [-0.2, 0) is 10.3 Å². The quantitative estimate of drug-likeness (QED) is 0.754. The zero-order valence-electron chi connectivity index (χ0n) is 12.4. The van der Waals surface area contributed by atoms with E-state index in [0.29, 0.717) is 34.7 Å². The SMILES string of the molecule is O=C1OC2(CCCC2)c2c1c1c3c(cccc3c2O)C=CC1=O. The van der Waals surface area contributed by atoms with Crippen molar-refractivity contribution in [3.05, 3.63) is 46.5 Å². The van der Waals surface area contributed by atoms with Crippen molar-refractivity contribution in [1.82, 2.24) is 0 Å². The number of esters is 1. The molecule has 0 aromatic heterocycles. The lowest BCUT2D eigenvalue weighted by Gasteiger charge is -2.24. The predicted molar refractivity (Wildman–Crippen MR) is 84.5 cm³/mol. The van der Waals surface area contributed by atoms with Crippen molar-refractivity contribution in [2.45, 2.75) is 31.3 Å². The van der Waals surface area contributed by atoms with Gasteiger partial charge < -0.3 is 9.84 Å². The van der Waals surface area contributed by atoms with Crippen molar-refractivity contribution in [2.75, 3.05) is 0 Å². The van der Waals surface area contributed by atoms with Gasteiger partial charge in [0.1, 0.15) is 11.4 Å². The average Bonchev–Trinajstić information content (AvgIpc) is 3.11. The van der Waals surface area contributed by atoms with E-state index in [-0.39, 0.29) is 17.1 Å². The van der Waals surface area contributed by atoms with Crippen molar-refractivity contribution < 1.29 is 19.4 Å². The molecule has 0 radical (unpaired) electrons. The van der Waals surface area contributed by atoms with E-state index < -0.39 is 11.6 Å². The lowest BCUT2D eigenvalue weighted by atomic mass is 9.81. The van der Waals surface area contributed by atoms with Gasteiger partial charge in [0.25, 0.3) is 0 Å². The van der Waals surface area contributed by atoms with Crippen LogP contribution in [0.3, 0.4) is 0 Å². The fourth-order valence-electron chi connectivity index (χ4n) is 4.41. The number of phenolic OH excluding ortho intramolecular Hbond substituents is 1. The summed E-state index contributed by atoms with van der Waals surface area (Å²) in [6, 6.07) is 5.54. The Hall–Kier alpha value is -2.62. The molecule has 3 aliphatic rings. The predicted octanol–water partition coefficient (Wildman–Crippen LogP) is 3.69. The van der Waals surface area contributed by atoms with Gasteiger partial charge in [-0.25, -0.2) is 4.79 Å². The minimum Gasteiger partial charge on any atom is -0.507 e. The molecule has 0 bridgehead atoms. The summed E-state index contributed by atoms with van der Waals surface area (Å²) in [5.74, 6) is -0.582. The molecular weight excluding hydrogens is 292 g/mol. The number of allylic oxidation sites excluding steroid dienone is 1. The number of ketones is 1. The molecule has 4 nitrogen and oxygen atoms in total. The first-order valence-corrected chi connectivity index (χ1v) is 7.90. The molecule has 0 atom stereocenters. The lowest BCUT2D eigenvalue weighted by Crippen LogP contribution is -2.21. The molecule has 23 heavy (non-hydrogen) atoms. The minimum atomic E-state index is -0.751. The second kappa shape index (κ2) is 4.02. The molecule has 2 aromatic carbocycles. The molecule has 1 heterocycles. The third-order valence-electron chi connectivity index (χ3n) is 5.36. The number of carbonyl (C=O) groups excluding carboxylic acids is 2. The van der Waals surface area contributed by atoms with Crippen LogP contribution < -0.4 is 0 Å². The Morgan fingerprint density at radius 1 is 1.04 bits per heavy atom. The molecule has 1 aliphatic heterocycles. The van der Waals surface area contributed by atoms with Gasteiger partial charge in [-0.2, -0.15) is 0 Å². The largest absolute Gasteiger partial charge is 0.507 e. The molecule has 2 aromatic rings. The van der Waals surface area contributed by atoms with Crippen LogP contribution in [0.25, 0.3) is 16.8 Å². The first-order chi connectivity index (χ1) is 11.1. The molecule has 5 rings (SSSR count). The highest BCUT2D eigenvalue weighted by molar-refractivity contribution is 6.26. The number of ether oxygens (including phenoxy) is 1. The second-order valence-electron chi connectivity index (χ2n) is 6.53. The molecule has 0 amide bonds.